The normalized spacial score (nSPS) is 18.4. The van der Waals surface area contributed by atoms with E-state index in [-0.39, 0.29) is 29.9 Å². The maximum atomic E-state index is 13.5. The van der Waals surface area contributed by atoms with Gasteiger partial charge in [0.2, 0.25) is 5.91 Å². The highest BCUT2D eigenvalue weighted by molar-refractivity contribution is 7.21. The van der Waals surface area contributed by atoms with E-state index in [2.05, 4.69) is 32.5 Å². The lowest BCUT2D eigenvalue weighted by atomic mass is 9.90. The van der Waals surface area contributed by atoms with Crippen LogP contribution in [-0.4, -0.2) is 39.9 Å². The molecule has 0 bridgehead atoms. The summed E-state index contributed by atoms with van der Waals surface area (Å²) in [6, 6.07) is 14.4. The molecule has 1 aromatic carbocycles. The van der Waals surface area contributed by atoms with Crippen molar-refractivity contribution in [1.29, 1.82) is 0 Å². The molecule has 4 heterocycles. The van der Waals surface area contributed by atoms with E-state index in [1.54, 1.807) is 29.4 Å². The molecule has 6 rings (SSSR count). The first-order valence-corrected chi connectivity index (χ1v) is 13.6. The Kier molecular flexibility index (Phi) is 6.54. The summed E-state index contributed by atoms with van der Waals surface area (Å²) in [6.45, 7) is 3.52. The number of carbonyl (C=O) groups is 3. The van der Waals surface area contributed by atoms with Crippen LogP contribution in [0.15, 0.2) is 73.6 Å². The fourth-order valence-corrected chi connectivity index (χ4v) is 6.30. The molecule has 2 atom stereocenters. The van der Waals surface area contributed by atoms with Crippen LogP contribution in [0.2, 0.25) is 0 Å². The molecular formula is C29H26N6O3S. The number of hydrogen-bond acceptors (Lipinski definition) is 6. The summed E-state index contributed by atoms with van der Waals surface area (Å²) in [6.07, 6.45) is 8.02. The smallest absolute Gasteiger partial charge is 0.331 e. The summed E-state index contributed by atoms with van der Waals surface area (Å²) in [4.78, 5) is 50.6. The van der Waals surface area contributed by atoms with Crippen molar-refractivity contribution in [2.45, 2.75) is 37.8 Å². The number of anilines is 3. The Hall–Kier alpha value is -4.57. The van der Waals surface area contributed by atoms with Crippen LogP contribution >= 0.6 is 11.3 Å². The van der Waals surface area contributed by atoms with Crippen LogP contribution in [0.5, 0.6) is 0 Å². The fraction of sp³-hybridized carbons (Fsp3) is 0.207. The number of amides is 4. The highest BCUT2D eigenvalue weighted by Gasteiger charge is 2.34. The number of urea groups is 1. The van der Waals surface area contributed by atoms with Gasteiger partial charge < -0.3 is 16.0 Å². The fourth-order valence-electron chi connectivity index (χ4n) is 5.28. The van der Waals surface area contributed by atoms with Gasteiger partial charge in [-0.15, -0.1) is 11.3 Å². The van der Waals surface area contributed by atoms with Crippen molar-refractivity contribution in [3.8, 4) is 11.3 Å². The topological polar surface area (TPSA) is 116 Å². The Morgan fingerprint density at radius 2 is 1.77 bits per heavy atom. The summed E-state index contributed by atoms with van der Waals surface area (Å²) in [7, 11) is 0. The van der Waals surface area contributed by atoms with E-state index >= 15 is 0 Å². The maximum Gasteiger partial charge on any atom is 0.331 e. The van der Waals surface area contributed by atoms with E-state index in [0.717, 1.165) is 36.9 Å². The summed E-state index contributed by atoms with van der Waals surface area (Å²) in [5.41, 5.74) is 3.44. The number of rotatable bonds is 6. The number of aromatic nitrogens is 2. The van der Waals surface area contributed by atoms with E-state index in [1.807, 2.05) is 36.4 Å². The maximum absolute atomic E-state index is 13.5. The molecule has 0 saturated heterocycles. The van der Waals surface area contributed by atoms with Crippen molar-refractivity contribution in [1.82, 2.24) is 20.6 Å². The number of carbonyl (C=O) groups excluding carboxylic acids is 3. The molecule has 1 aliphatic heterocycles. The number of nitrogens with one attached hydrogen (secondary N) is 3. The van der Waals surface area contributed by atoms with E-state index < -0.39 is 0 Å². The molecule has 4 amide bonds. The summed E-state index contributed by atoms with van der Waals surface area (Å²) in [5.74, 6) is -0.557. The molecule has 3 aromatic heterocycles. The van der Waals surface area contributed by atoms with Crippen LogP contribution in [0, 0.1) is 0 Å². The second kappa shape index (κ2) is 10.3. The molecule has 196 valence electrons. The van der Waals surface area contributed by atoms with Crippen LogP contribution in [-0.2, 0) is 4.79 Å². The van der Waals surface area contributed by atoms with Gasteiger partial charge in [-0.25, -0.2) is 9.78 Å². The quantitative estimate of drug-likeness (QED) is 0.285. The molecule has 1 aliphatic carbocycles. The minimum atomic E-state index is -0.374. The van der Waals surface area contributed by atoms with E-state index in [9.17, 15) is 14.4 Å². The molecule has 9 nitrogen and oxygen atoms in total. The molecule has 0 radical (unpaired) electrons. The highest BCUT2D eigenvalue weighted by atomic mass is 32.1. The van der Waals surface area contributed by atoms with E-state index in [1.165, 1.54) is 17.4 Å². The molecule has 1 fully saturated rings. The molecule has 1 saturated carbocycles. The van der Waals surface area contributed by atoms with Gasteiger partial charge in [0, 0.05) is 30.0 Å². The number of thiophene rings is 1. The van der Waals surface area contributed by atoms with E-state index in [0.29, 0.717) is 32.2 Å². The minimum Gasteiger partial charge on any atom is -0.348 e. The van der Waals surface area contributed by atoms with Gasteiger partial charge in [-0.1, -0.05) is 49.8 Å². The van der Waals surface area contributed by atoms with Gasteiger partial charge in [-0.2, -0.15) is 0 Å². The lowest BCUT2D eigenvalue weighted by molar-refractivity contribution is -0.117. The summed E-state index contributed by atoms with van der Waals surface area (Å²) >= 11 is 1.24. The zero-order valence-corrected chi connectivity index (χ0v) is 21.8. The Bertz CT molecular complexity index is 1600. The lowest BCUT2D eigenvalue weighted by Gasteiger charge is -2.32. The monoisotopic (exact) mass is 538 g/mol. The molecular weight excluding hydrogens is 512 g/mol. The second-order valence-electron chi connectivity index (χ2n) is 9.53. The van der Waals surface area contributed by atoms with Crippen molar-refractivity contribution in [3.05, 3.63) is 78.5 Å². The number of benzene rings is 1. The highest BCUT2D eigenvalue weighted by Crippen LogP contribution is 2.46. The van der Waals surface area contributed by atoms with Crippen molar-refractivity contribution in [2.24, 2.45) is 0 Å². The molecule has 10 heteroatoms. The van der Waals surface area contributed by atoms with E-state index in [4.69, 9.17) is 0 Å². The largest absolute Gasteiger partial charge is 0.348 e. The van der Waals surface area contributed by atoms with Crippen LogP contribution in [0.4, 0.5) is 21.9 Å². The molecule has 3 N–H and O–H groups in total. The Balaban J connectivity index is 1.34. The van der Waals surface area contributed by atoms with Gasteiger partial charge in [-0.3, -0.25) is 19.5 Å². The third-order valence-corrected chi connectivity index (χ3v) is 8.22. The van der Waals surface area contributed by atoms with Crippen molar-refractivity contribution in [2.75, 3.05) is 10.2 Å². The van der Waals surface area contributed by atoms with Gasteiger partial charge in [0.15, 0.2) is 0 Å². The van der Waals surface area contributed by atoms with Crippen molar-refractivity contribution in [3.63, 3.8) is 0 Å². The first kappa shape index (κ1) is 24.7. The van der Waals surface area contributed by atoms with Crippen molar-refractivity contribution < 1.29 is 14.4 Å². The average Bonchev–Trinajstić information content (AvgIpc) is 3.34. The predicted molar refractivity (Wildman–Crippen MR) is 152 cm³/mol. The molecule has 4 aromatic rings. The SMILES string of the molecule is C=CC(=O)N[C@H]1CCCC[C@H]1NC(=O)c1sc2nccc3c2c1NC(=O)N3c1ccnc(-c2ccccc2)c1. The molecule has 0 unspecified atom stereocenters. The zero-order chi connectivity index (χ0) is 26.9. The first-order chi connectivity index (χ1) is 19.0. The predicted octanol–water partition coefficient (Wildman–Crippen LogP) is 5.39. The van der Waals surface area contributed by atoms with Crippen LogP contribution in [0.1, 0.15) is 35.4 Å². The second-order valence-corrected chi connectivity index (χ2v) is 10.5. The van der Waals surface area contributed by atoms with Gasteiger partial charge >= 0.3 is 6.03 Å². The number of nitrogens with zero attached hydrogens (tertiary/aromatic N) is 3. The molecule has 39 heavy (non-hydrogen) atoms. The summed E-state index contributed by atoms with van der Waals surface area (Å²) < 4.78 is 0. The third kappa shape index (κ3) is 4.63. The minimum absolute atomic E-state index is 0.178. The van der Waals surface area contributed by atoms with Crippen molar-refractivity contribution >= 4 is 56.5 Å². The number of hydrogen-bond donors (Lipinski definition) is 3. The van der Waals surface area contributed by atoms with Gasteiger partial charge in [0.25, 0.3) is 5.91 Å². The van der Waals surface area contributed by atoms with Gasteiger partial charge in [0.05, 0.1) is 28.1 Å². The van der Waals surface area contributed by atoms with Crippen LogP contribution in [0.25, 0.3) is 21.5 Å². The third-order valence-electron chi connectivity index (χ3n) is 7.12. The Morgan fingerprint density at radius 3 is 2.54 bits per heavy atom. The molecule has 2 aliphatic rings. The molecule has 0 spiro atoms. The van der Waals surface area contributed by atoms with Crippen LogP contribution < -0.4 is 20.9 Å². The Labute approximate surface area is 229 Å². The standard InChI is InChI=1S/C29H26N6O3S/c1-2-23(36)32-19-10-6-7-11-20(19)33-27(37)26-25-24-22(13-15-31-28(24)39-26)35(29(38)34-25)18-12-14-30-21(16-18)17-8-4-3-5-9-17/h2-5,8-9,12-16,19-20H,1,6-7,10-11H2,(H,32,36)(H,33,37)(H,34,38)/t19-,20+/m0/s1. The Morgan fingerprint density at radius 1 is 1.03 bits per heavy atom. The van der Waals surface area contributed by atoms with Gasteiger partial charge in [0.1, 0.15) is 9.71 Å². The van der Waals surface area contributed by atoms with Crippen LogP contribution in [0.3, 0.4) is 0 Å². The first-order valence-electron chi connectivity index (χ1n) is 12.8. The van der Waals surface area contributed by atoms with Gasteiger partial charge in [-0.05, 0) is 37.1 Å². The summed E-state index contributed by atoms with van der Waals surface area (Å²) in [5, 5.41) is 9.69. The lowest BCUT2D eigenvalue weighted by Crippen LogP contribution is -2.52. The number of pyridine rings is 2. The average molecular weight is 539 g/mol. The zero-order valence-electron chi connectivity index (χ0n) is 21.0.